The van der Waals surface area contributed by atoms with Gasteiger partial charge in [0, 0.05) is 11.3 Å². The van der Waals surface area contributed by atoms with Crippen LogP contribution in [0.3, 0.4) is 0 Å². The molecular weight excluding hydrogens is 332 g/mol. The molecule has 0 unspecified atom stereocenters. The number of amides is 1. The third-order valence-corrected chi connectivity index (χ3v) is 3.60. The molecule has 0 saturated heterocycles. The van der Waals surface area contributed by atoms with Crippen molar-refractivity contribution in [1.82, 2.24) is 14.8 Å². The second-order valence-electron chi connectivity index (χ2n) is 5.87. The van der Waals surface area contributed by atoms with Crippen molar-refractivity contribution >= 4 is 11.6 Å². The van der Waals surface area contributed by atoms with E-state index >= 15 is 0 Å². The first-order valence-electron chi connectivity index (χ1n) is 8.18. The first-order valence-corrected chi connectivity index (χ1v) is 8.18. The van der Waals surface area contributed by atoms with Gasteiger partial charge in [-0.1, -0.05) is 0 Å². The highest BCUT2D eigenvalue weighted by molar-refractivity contribution is 6.04. The summed E-state index contributed by atoms with van der Waals surface area (Å²) in [5.41, 5.74) is 2.02. The van der Waals surface area contributed by atoms with Gasteiger partial charge >= 0.3 is 0 Å². The van der Waals surface area contributed by atoms with E-state index in [1.807, 2.05) is 38.1 Å². The number of benzene rings is 2. The van der Waals surface area contributed by atoms with E-state index in [0.29, 0.717) is 22.7 Å². The molecule has 0 fully saturated rings. The van der Waals surface area contributed by atoms with Crippen LogP contribution in [0.5, 0.6) is 11.5 Å². The third-order valence-electron chi connectivity index (χ3n) is 3.60. The molecule has 0 atom stereocenters. The van der Waals surface area contributed by atoms with E-state index in [9.17, 15) is 4.79 Å². The van der Waals surface area contributed by atoms with Crippen molar-refractivity contribution in [2.75, 3.05) is 12.4 Å². The smallest absolute Gasteiger partial charge is 0.255 e. The van der Waals surface area contributed by atoms with Crippen molar-refractivity contribution in [3.63, 3.8) is 0 Å². The SMILES string of the molecule is COc1cc(C(=O)Nc2ccc(-n3cncn3)cc2)ccc1OC(C)C. The number of anilines is 1. The predicted octanol–water partition coefficient (Wildman–Crippen LogP) is 3.32. The average molecular weight is 352 g/mol. The number of carbonyl (C=O) groups is 1. The van der Waals surface area contributed by atoms with Crippen LogP contribution in [0, 0.1) is 0 Å². The molecule has 2 aromatic carbocycles. The molecule has 7 heteroatoms. The van der Waals surface area contributed by atoms with Crippen molar-refractivity contribution in [3.8, 4) is 17.2 Å². The summed E-state index contributed by atoms with van der Waals surface area (Å²) in [5, 5.41) is 6.93. The summed E-state index contributed by atoms with van der Waals surface area (Å²) in [6.45, 7) is 3.87. The van der Waals surface area contributed by atoms with Gasteiger partial charge in [-0.05, 0) is 56.3 Å². The topological polar surface area (TPSA) is 78.3 Å². The van der Waals surface area contributed by atoms with Gasteiger partial charge in [0.05, 0.1) is 18.9 Å². The molecule has 1 heterocycles. The molecule has 3 rings (SSSR count). The van der Waals surface area contributed by atoms with Gasteiger partial charge in [0.1, 0.15) is 12.7 Å². The minimum absolute atomic E-state index is 0.0204. The molecule has 0 bridgehead atoms. The minimum Gasteiger partial charge on any atom is -0.493 e. The number of nitrogens with one attached hydrogen (secondary N) is 1. The molecule has 0 aliphatic rings. The second kappa shape index (κ2) is 7.69. The highest BCUT2D eigenvalue weighted by Crippen LogP contribution is 2.29. The molecule has 0 spiro atoms. The Morgan fingerprint density at radius 1 is 1.12 bits per heavy atom. The summed E-state index contributed by atoms with van der Waals surface area (Å²) in [6, 6.07) is 12.4. The highest BCUT2D eigenvalue weighted by atomic mass is 16.5. The Labute approximate surface area is 151 Å². The van der Waals surface area contributed by atoms with Crippen molar-refractivity contribution < 1.29 is 14.3 Å². The Bertz CT molecular complexity index is 874. The van der Waals surface area contributed by atoms with E-state index in [4.69, 9.17) is 9.47 Å². The molecule has 1 aromatic heterocycles. The Morgan fingerprint density at radius 3 is 2.50 bits per heavy atom. The highest BCUT2D eigenvalue weighted by Gasteiger charge is 2.12. The van der Waals surface area contributed by atoms with E-state index in [-0.39, 0.29) is 12.0 Å². The lowest BCUT2D eigenvalue weighted by molar-refractivity contribution is 0.102. The maximum atomic E-state index is 12.5. The van der Waals surface area contributed by atoms with Crippen LogP contribution in [0.25, 0.3) is 5.69 Å². The van der Waals surface area contributed by atoms with Gasteiger partial charge in [-0.15, -0.1) is 0 Å². The molecule has 1 N–H and O–H groups in total. The van der Waals surface area contributed by atoms with Crippen LogP contribution in [-0.4, -0.2) is 33.9 Å². The van der Waals surface area contributed by atoms with Crippen LogP contribution >= 0.6 is 0 Å². The number of hydrogen-bond donors (Lipinski definition) is 1. The van der Waals surface area contributed by atoms with E-state index in [1.54, 1.807) is 36.3 Å². The standard InChI is InChI=1S/C19H20N4O3/c1-13(2)26-17-9-4-14(10-18(17)25-3)19(24)22-15-5-7-16(8-6-15)23-12-20-11-21-23/h4-13H,1-3H3,(H,22,24). The Morgan fingerprint density at radius 2 is 1.88 bits per heavy atom. The largest absolute Gasteiger partial charge is 0.493 e. The van der Waals surface area contributed by atoms with Crippen molar-refractivity contribution in [1.29, 1.82) is 0 Å². The Kier molecular flexibility index (Phi) is 5.17. The summed E-state index contributed by atoms with van der Waals surface area (Å²) in [7, 11) is 1.55. The normalized spacial score (nSPS) is 10.6. The van der Waals surface area contributed by atoms with Crippen LogP contribution in [0.15, 0.2) is 55.1 Å². The van der Waals surface area contributed by atoms with Crippen molar-refractivity contribution in [2.45, 2.75) is 20.0 Å². The number of hydrogen-bond acceptors (Lipinski definition) is 5. The summed E-state index contributed by atoms with van der Waals surface area (Å²) in [5.74, 6) is 0.900. The van der Waals surface area contributed by atoms with Crippen LogP contribution < -0.4 is 14.8 Å². The van der Waals surface area contributed by atoms with Gasteiger partial charge in [0.25, 0.3) is 5.91 Å². The molecule has 0 aliphatic heterocycles. The van der Waals surface area contributed by atoms with E-state index in [0.717, 1.165) is 5.69 Å². The molecule has 0 aliphatic carbocycles. The number of rotatable bonds is 6. The molecular formula is C19H20N4O3. The Hall–Kier alpha value is -3.35. The molecule has 0 radical (unpaired) electrons. The van der Waals surface area contributed by atoms with E-state index < -0.39 is 0 Å². The summed E-state index contributed by atoms with van der Waals surface area (Å²) in [4.78, 5) is 16.4. The van der Waals surface area contributed by atoms with Gasteiger partial charge in [0.2, 0.25) is 0 Å². The number of aromatic nitrogens is 3. The second-order valence-corrected chi connectivity index (χ2v) is 5.87. The zero-order valence-corrected chi connectivity index (χ0v) is 14.8. The van der Waals surface area contributed by atoms with Crippen molar-refractivity contribution in [3.05, 3.63) is 60.7 Å². The molecule has 7 nitrogen and oxygen atoms in total. The van der Waals surface area contributed by atoms with Crippen molar-refractivity contribution in [2.24, 2.45) is 0 Å². The van der Waals surface area contributed by atoms with E-state index in [2.05, 4.69) is 15.4 Å². The predicted molar refractivity (Wildman–Crippen MR) is 98.1 cm³/mol. The quantitative estimate of drug-likeness (QED) is 0.736. The summed E-state index contributed by atoms with van der Waals surface area (Å²) < 4.78 is 12.6. The lowest BCUT2D eigenvalue weighted by Gasteiger charge is -2.14. The molecule has 1 amide bonds. The lowest BCUT2D eigenvalue weighted by Crippen LogP contribution is -2.13. The Balaban J connectivity index is 1.73. The fourth-order valence-electron chi connectivity index (χ4n) is 2.40. The monoisotopic (exact) mass is 352 g/mol. The zero-order valence-electron chi connectivity index (χ0n) is 14.8. The van der Waals surface area contributed by atoms with Crippen LogP contribution in [-0.2, 0) is 0 Å². The first-order chi connectivity index (χ1) is 12.6. The number of carbonyl (C=O) groups excluding carboxylic acids is 1. The summed E-state index contributed by atoms with van der Waals surface area (Å²) >= 11 is 0. The van der Waals surface area contributed by atoms with Gasteiger partial charge in [-0.25, -0.2) is 9.67 Å². The number of nitrogens with zero attached hydrogens (tertiary/aromatic N) is 3. The van der Waals surface area contributed by atoms with Crippen LogP contribution in [0.1, 0.15) is 24.2 Å². The first kappa shape index (κ1) is 17.5. The van der Waals surface area contributed by atoms with Gasteiger partial charge in [0.15, 0.2) is 11.5 Å². The minimum atomic E-state index is -0.229. The van der Waals surface area contributed by atoms with E-state index in [1.165, 1.54) is 6.33 Å². The van der Waals surface area contributed by atoms with Crippen LogP contribution in [0.4, 0.5) is 5.69 Å². The third kappa shape index (κ3) is 4.00. The maximum absolute atomic E-state index is 12.5. The fraction of sp³-hybridized carbons (Fsp3) is 0.211. The maximum Gasteiger partial charge on any atom is 0.255 e. The molecule has 3 aromatic rings. The number of ether oxygens (including phenoxy) is 2. The van der Waals surface area contributed by atoms with Gasteiger partial charge < -0.3 is 14.8 Å². The summed E-state index contributed by atoms with van der Waals surface area (Å²) in [6.07, 6.45) is 3.10. The molecule has 26 heavy (non-hydrogen) atoms. The fourth-order valence-corrected chi connectivity index (χ4v) is 2.40. The number of methoxy groups -OCH3 is 1. The van der Waals surface area contributed by atoms with Crippen LogP contribution in [0.2, 0.25) is 0 Å². The lowest BCUT2D eigenvalue weighted by atomic mass is 10.1. The zero-order chi connectivity index (χ0) is 18.5. The van der Waals surface area contributed by atoms with Gasteiger partial charge in [-0.2, -0.15) is 5.10 Å². The molecule has 134 valence electrons. The molecule has 0 saturated carbocycles. The average Bonchev–Trinajstić information content (AvgIpc) is 3.17. The van der Waals surface area contributed by atoms with Gasteiger partial charge in [-0.3, -0.25) is 4.79 Å².